The number of aliphatic hydroxyl groups is 1. The molecular weight excluding hydrogens is 476 g/mol. The van der Waals surface area contributed by atoms with Gasteiger partial charge in [0.2, 0.25) is 5.91 Å². The van der Waals surface area contributed by atoms with E-state index < -0.39 is 36.2 Å². The first-order valence-electron chi connectivity index (χ1n) is 12.2. The summed E-state index contributed by atoms with van der Waals surface area (Å²) in [5, 5.41) is 31.3. The first-order chi connectivity index (χ1) is 18.2. The third-order valence-corrected chi connectivity index (χ3v) is 6.31. The number of rotatable bonds is 9. The van der Waals surface area contributed by atoms with Crippen LogP contribution in [0.2, 0.25) is 1.41 Å². The molecule has 0 spiro atoms. The van der Waals surface area contributed by atoms with Crippen molar-refractivity contribution in [2.24, 2.45) is 0 Å². The van der Waals surface area contributed by atoms with Gasteiger partial charge in [-0.2, -0.15) is 0 Å². The van der Waals surface area contributed by atoms with Crippen LogP contribution in [0.5, 0.6) is 5.75 Å². The summed E-state index contributed by atoms with van der Waals surface area (Å²) in [5.41, 5.74) is 4.55. The highest BCUT2D eigenvalue weighted by molar-refractivity contribution is 5.89. The van der Waals surface area contributed by atoms with Gasteiger partial charge in [-0.1, -0.05) is 60.7 Å². The van der Waals surface area contributed by atoms with Gasteiger partial charge in [-0.15, -0.1) is 0 Å². The number of fused-ring (bicyclic) bond motifs is 3. The van der Waals surface area contributed by atoms with Crippen molar-refractivity contribution in [3.63, 3.8) is 0 Å². The second-order valence-corrected chi connectivity index (χ2v) is 8.88. The van der Waals surface area contributed by atoms with Crippen molar-refractivity contribution in [1.82, 2.24) is 10.6 Å². The molecule has 37 heavy (non-hydrogen) atoms. The number of alkyl carbamates (subject to hydrolysis) is 1. The lowest BCUT2D eigenvalue weighted by atomic mass is 9.98. The van der Waals surface area contributed by atoms with Crippen molar-refractivity contribution in [2.75, 3.05) is 6.61 Å². The predicted molar refractivity (Wildman–Crippen MR) is 135 cm³/mol. The number of carboxylic acids is 1. The molecule has 0 saturated carbocycles. The summed E-state index contributed by atoms with van der Waals surface area (Å²) in [5.74, 6) is -2.67. The van der Waals surface area contributed by atoms with E-state index in [4.69, 9.17) is 6.15 Å². The number of phenolic OH excluding ortho intramolecular Hbond substituents is 1. The molecule has 4 rings (SSSR count). The molecule has 3 atom stereocenters. The molecule has 0 heterocycles. The topological polar surface area (TPSA) is 145 Å². The molecule has 0 bridgehead atoms. The number of aromatic hydroxyl groups is 1. The maximum Gasteiger partial charge on any atom is 0.407 e. The number of aliphatic carboxylic acids is 1. The van der Waals surface area contributed by atoms with Crippen LogP contribution < -0.4 is 10.6 Å². The first kappa shape index (κ1) is 24.3. The maximum absolute atomic E-state index is 13.1. The van der Waals surface area contributed by atoms with Crippen LogP contribution in [0.4, 0.5) is 4.79 Å². The van der Waals surface area contributed by atoms with Crippen molar-refractivity contribution in [2.45, 2.75) is 37.5 Å². The van der Waals surface area contributed by atoms with Gasteiger partial charge < -0.3 is 30.7 Å². The highest BCUT2D eigenvalue weighted by Gasteiger charge is 2.32. The molecule has 9 heteroatoms. The minimum Gasteiger partial charge on any atom is -0.508 e. The zero-order valence-corrected chi connectivity index (χ0v) is 20.1. The fraction of sp³-hybridized carbons (Fsp3) is 0.250. The van der Waals surface area contributed by atoms with E-state index in [1.807, 2.05) is 48.5 Å². The third kappa shape index (κ3) is 5.90. The monoisotopic (exact) mass is 505 g/mol. The number of amides is 2. The Morgan fingerprint density at radius 3 is 2.08 bits per heavy atom. The molecule has 3 aromatic rings. The van der Waals surface area contributed by atoms with Crippen LogP contribution >= 0.6 is 0 Å². The summed E-state index contributed by atoms with van der Waals surface area (Å²) < 4.78 is 13.9. The van der Waals surface area contributed by atoms with Gasteiger partial charge in [0.25, 0.3) is 0 Å². The Hall–Kier alpha value is -4.37. The average molecular weight is 506 g/mol. The summed E-state index contributed by atoms with van der Waals surface area (Å²) >= 11 is 0. The summed E-state index contributed by atoms with van der Waals surface area (Å²) in [4.78, 5) is 37.6. The molecular formula is C28H28N2O7. The van der Waals surface area contributed by atoms with E-state index in [-0.39, 0.29) is 24.7 Å². The molecule has 0 radical (unpaired) electrons. The number of nitrogens with one attached hydrogen (secondary N) is 2. The van der Waals surface area contributed by atoms with E-state index in [0.29, 0.717) is 10.9 Å². The van der Waals surface area contributed by atoms with Crippen molar-refractivity contribution in [3.8, 4) is 16.9 Å². The van der Waals surface area contributed by atoms with Crippen LogP contribution in [0.15, 0.2) is 72.8 Å². The van der Waals surface area contributed by atoms with E-state index in [1.54, 1.807) is 0 Å². The van der Waals surface area contributed by atoms with E-state index in [2.05, 4.69) is 5.32 Å². The van der Waals surface area contributed by atoms with Gasteiger partial charge in [0, 0.05) is 12.3 Å². The van der Waals surface area contributed by atoms with Crippen LogP contribution in [0, 0.1) is 0 Å². The number of hydrogen-bond acceptors (Lipinski definition) is 6. The van der Waals surface area contributed by atoms with E-state index in [1.165, 1.54) is 31.2 Å². The molecule has 2 amide bonds. The number of aliphatic hydroxyl groups excluding tert-OH is 1. The van der Waals surface area contributed by atoms with Gasteiger partial charge >= 0.3 is 12.1 Å². The quantitative estimate of drug-likeness (QED) is 0.301. The Labute approximate surface area is 215 Å². The maximum atomic E-state index is 13.1. The number of hydrogen-bond donors (Lipinski definition) is 5. The standard InChI is InChI=1S/C28H28N2O7/c1-16(31)25(27(34)35)30-26(33)24(14-17-10-12-18(32)13-11-17)29-28(36)37-15-23-21-8-4-2-6-19(21)20-7-3-5-9-22(20)23/h2-13,16,23-25,31-32H,14-15H2,1H3,(H,29,36)(H,30,33)(H,34,35)/t16-,24-,25+/m1/s1/i/hD. The van der Waals surface area contributed by atoms with Gasteiger partial charge in [0.1, 0.15) is 18.4 Å². The lowest BCUT2D eigenvalue weighted by Gasteiger charge is -2.23. The Kier molecular flexibility index (Phi) is 7.32. The Morgan fingerprint density at radius 1 is 0.973 bits per heavy atom. The van der Waals surface area contributed by atoms with Crippen LogP contribution in [-0.2, 0) is 20.7 Å². The van der Waals surface area contributed by atoms with Crippen molar-refractivity contribution >= 4 is 18.0 Å². The molecule has 5 N–H and O–H groups in total. The van der Waals surface area contributed by atoms with Gasteiger partial charge in [-0.25, -0.2) is 9.59 Å². The minimum atomic E-state index is -1.64. The van der Waals surface area contributed by atoms with Crippen LogP contribution in [0.3, 0.4) is 0 Å². The van der Waals surface area contributed by atoms with Gasteiger partial charge in [-0.3, -0.25) is 4.79 Å². The number of phenols is 1. The average Bonchev–Trinajstić information content (AvgIpc) is 3.22. The molecule has 0 unspecified atom stereocenters. The Morgan fingerprint density at radius 2 is 1.54 bits per heavy atom. The van der Waals surface area contributed by atoms with Gasteiger partial charge in [0.15, 0.2) is 7.45 Å². The molecule has 0 aromatic heterocycles. The van der Waals surface area contributed by atoms with Crippen LogP contribution in [0.1, 0.15) is 29.5 Å². The number of carboxylic acid groups (broad SMARTS) is 1. The summed E-state index contributed by atoms with van der Waals surface area (Å²) in [6.45, 7) is 1.14. The van der Waals surface area contributed by atoms with E-state index in [0.717, 1.165) is 22.3 Å². The SMILES string of the molecule is [2H]N(C(=O)OCC1c2ccccc2-c2ccccc21)[C@H](Cc1ccc(O)cc1)C(=O)N[C@H](C(=O)O)[C@@H](C)O. The number of ether oxygens (including phenoxy) is 1. The molecule has 0 aliphatic heterocycles. The lowest BCUT2D eigenvalue weighted by molar-refractivity contribution is -0.145. The second kappa shape index (κ2) is 11.1. The molecule has 9 nitrogen and oxygen atoms in total. The highest BCUT2D eigenvalue weighted by Crippen LogP contribution is 2.44. The fourth-order valence-electron chi connectivity index (χ4n) is 4.45. The van der Waals surface area contributed by atoms with Crippen molar-refractivity contribution < 1.29 is 35.9 Å². The van der Waals surface area contributed by atoms with Crippen LogP contribution in [0.25, 0.3) is 11.1 Å². The summed E-state index contributed by atoms with van der Waals surface area (Å²) in [7, 11) is 0. The van der Waals surface area contributed by atoms with Gasteiger partial charge in [0.05, 0.1) is 6.10 Å². The van der Waals surface area contributed by atoms with E-state index >= 15 is 0 Å². The molecule has 0 saturated heterocycles. The summed E-state index contributed by atoms with van der Waals surface area (Å²) in [6, 6.07) is 18.3. The fourth-order valence-corrected chi connectivity index (χ4v) is 4.45. The molecule has 1 aliphatic carbocycles. The first-order valence-corrected chi connectivity index (χ1v) is 11.8. The second-order valence-electron chi connectivity index (χ2n) is 8.88. The number of carbonyl (C=O) groups is 3. The van der Waals surface area contributed by atoms with E-state index in [9.17, 15) is 29.7 Å². The van der Waals surface area contributed by atoms with Crippen molar-refractivity contribution in [3.05, 3.63) is 89.5 Å². The molecule has 192 valence electrons. The lowest BCUT2D eigenvalue weighted by Crippen LogP contribution is -2.55. The van der Waals surface area contributed by atoms with Gasteiger partial charge in [-0.05, 0) is 46.9 Å². The molecule has 1 aliphatic rings. The number of carbonyl (C=O) groups excluding carboxylic acids is 2. The summed E-state index contributed by atoms with van der Waals surface area (Å²) in [6.07, 6.45) is -2.67. The Bertz CT molecular complexity index is 1280. The largest absolute Gasteiger partial charge is 0.508 e. The number of benzene rings is 3. The third-order valence-electron chi connectivity index (χ3n) is 6.31. The normalized spacial score (nSPS) is 14.9. The molecule has 0 fully saturated rings. The van der Waals surface area contributed by atoms with Crippen molar-refractivity contribution in [1.29, 1.82) is 0 Å². The van der Waals surface area contributed by atoms with Crippen LogP contribution in [-0.4, -0.2) is 58.1 Å². The highest BCUT2D eigenvalue weighted by atomic mass is 16.5. The smallest absolute Gasteiger partial charge is 0.407 e. The predicted octanol–water partition coefficient (Wildman–Crippen LogP) is 2.79. The Balaban J connectivity index is 1.53. The molecule has 3 aromatic carbocycles. The zero-order valence-electron chi connectivity index (χ0n) is 21.1. The zero-order chi connectivity index (χ0) is 27.4. The minimum absolute atomic E-state index is 0.00550.